The maximum atomic E-state index is 10.7. The van der Waals surface area contributed by atoms with Gasteiger partial charge in [0.15, 0.2) is 0 Å². The van der Waals surface area contributed by atoms with Gasteiger partial charge >= 0.3 is 0 Å². The Kier molecular flexibility index (Phi) is 4.93. The standard InChI is InChI=1S/C14H26O2/c1-10(13(2,3)4)12(16)11(8-9-15)14(5,6)7/h9,11-12,16H,1,8H2,2-7H3/t11-,12-/m0/s1. The van der Waals surface area contributed by atoms with E-state index in [2.05, 4.69) is 6.58 Å². The molecule has 0 aliphatic carbocycles. The van der Waals surface area contributed by atoms with Gasteiger partial charge < -0.3 is 9.90 Å². The molecule has 2 heteroatoms. The van der Waals surface area contributed by atoms with Crippen molar-refractivity contribution >= 4 is 6.29 Å². The summed E-state index contributed by atoms with van der Waals surface area (Å²) in [6, 6.07) is 0. The summed E-state index contributed by atoms with van der Waals surface area (Å²) >= 11 is 0. The van der Waals surface area contributed by atoms with Gasteiger partial charge in [-0.05, 0) is 16.4 Å². The van der Waals surface area contributed by atoms with Crippen molar-refractivity contribution in [1.82, 2.24) is 0 Å². The Morgan fingerprint density at radius 2 is 1.69 bits per heavy atom. The first-order chi connectivity index (χ1) is 7.01. The van der Waals surface area contributed by atoms with Crippen molar-refractivity contribution in [1.29, 1.82) is 0 Å². The Morgan fingerprint density at radius 1 is 1.25 bits per heavy atom. The van der Waals surface area contributed by atoms with Gasteiger partial charge in [0, 0.05) is 12.3 Å². The summed E-state index contributed by atoms with van der Waals surface area (Å²) in [4.78, 5) is 10.7. The zero-order valence-electron chi connectivity index (χ0n) is 11.5. The number of hydrogen-bond donors (Lipinski definition) is 1. The second-order valence-electron chi connectivity index (χ2n) is 6.59. The quantitative estimate of drug-likeness (QED) is 0.590. The van der Waals surface area contributed by atoms with E-state index in [0.717, 1.165) is 11.9 Å². The van der Waals surface area contributed by atoms with E-state index in [1.807, 2.05) is 41.5 Å². The minimum Gasteiger partial charge on any atom is -0.388 e. The lowest BCUT2D eigenvalue weighted by molar-refractivity contribution is -0.110. The normalized spacial score (nSPS) is 16.7. The molecule has 0 rings (SSSR count). The van der Waals surface area contributed by atoms with E-state index in [9.17, 15) is 9.90 Å². The molecule has 0 aliphatic heterocycles. The van der Waals surface area contributed by atoms with E-state index < -0.39 is 6.10 Å². The number of aliphatic hydroxyl groups is 1. The van der Waals surface area contributed by atoms with Crippen LogP contribution in [0.1, 0.15) is 48.0 Å². The van der Waals surface area contributed by atoms with Crippen LogP contribution in [0.4, 0.5) is 0 Å². The average molecular weight is 226 g/mol. The smallest absolute Gasteiger partial charge is 0.120 e. The number of carbonyl (C=O) groups is 1. The van der Waals surface area contributed by atoms with Crippen LogP contribution < -0.4 is 0 Å². The summed E-state index contributed by atoms with van der Waals surface area (Å²) in [7, 11) is 0. The first kappa shape index (κ1) is 15.4. The third-order valence-corrected chi connectivity index (χ3v) is 3.16. The van der Waals surface area contributed by atoms with Crippen molar-refractivity contribution in [3.05, 3.63) is 12.2 Å². The van der Waals surface area contributed by atoms with Gasteiger partial charge in [-0.2, -0.15) is 0 Å². The van der Waals surface area contributed by atoms with Crippen LogP contribution in [0.3, 0.4) is 0 Å². The molecule has 1 N–H and O–H groups in total. The van der Waals surface area contributed by atoms with Gasteiger partial charge in [-0.25, -0.2) is 0 Å². The van der Waals surface area contributed by atoms with E-state index >= 15 is 0 Å². The first-order valence-electron chi connectivity index (χ1n) is 5.82. The summed E-state index contributed by atoms with van der Waals surface area (Å²) < 4.78 is 0. The van der Waals surface area contributed by atoms with Crippen LogP contribution in [0.5, 0.6) is 0 Å². The third-order valence-electron chi connectivity index (χ3n) is 3.16. The van der Waals surface area contributed by atoms with Gasteiger partial charge in [0.2, 0.25) is 0 Å². The lowest BCUT2D eigenvalue weighted by Gasteiger charge is -2.37. The van der Waals surface area contributed by atoms with Crippen molar-refractivity contribution in [2.24, 2.45) is 16.7 Å². The molecule has 2 nitrogen and oxygen atoms in total. The van der Waals surface area contributed by atoms with E-state index in [0.29, 0.717) is 6.42 Å². The van der Waals surface area contributed by atoms with Crippen molar-refractivity contribution in [3.63, 3.8) is 0 Å². The average Bonchev–Trinajstić information content (AvgIpc) is 2.08. The minimum absolute atomic E-state index is 0.0725. The molecule has 16 heavy (non-hydrogen) atoms. The summed E-state index contributed by atoms with van der Waals surface area (Å²) in [5, 5.41) is 10.3. The van der Waals surface area contributed by atoms with Gasteiger partial charge in [0.1, 0.15) is 6.29 Å². The molecule has 0 aromatic heterocycles. The highest BCUT2D eigenvalue weighted by atomic mass is 16.3. The molecule has 0 unspecified atom stereocenters. The Bertz CT molecular complexity index is 253. The molecule has 0 radical (unpaired) electrons. The fraction of sp³-hybridized carbons (Fsp3) is 0.786. The molecule has 0 aromatic carbocycles. The van der Waals surface area contributed by atoms with Crippen molar-refractivity contribution in [2.75, 3.05) is 0 Å². The fourth-order valence-electron chi connectivity index (χ4n) is 1.75. The highest BCUT2D eigenvalue weighted by Gasteiger charge is 2.35. The molecule has 0 bridgehead atoms. The Morgan fingerprint density at radius 3 is 1.94 bits per heavy atom. The first-order valence-corrected chi connectivity index (χ1v) is 5.82. The molecule has 0 aromatic rings. The monoisotopic (exact) mass is 226 g/mol. The topological polar surface area (TPSA) is 37.3 Å². The molecular formula is C14H26O2. The second kappa shape index (κ2) is 5.13. The zero-order chi connectivity index (χ0) is 13.1. The van der Waals surface area contributed by atoms with Gasteiger partial charge in [-0.3, -0.25) is 0 Å². The van der Waals surface area contributed by atoms with Gasteiger partial charge in [0.05, 0.1) is 6.10 Å². The van der Waals surface area contributed by atoms with Crippen molar-refractivity contribution < 1.29 is 9.90 Å². The summed E-state index contributed by atoms with van der Waals surface area (Å²) in [6.45, 7) is 16.2. The van der Waals surface area contributed by atoms with Crippen LogP contribution in [0, 0.1) is 16.7 Å². The van der Waals surface area contributed by atoms with E-state index in [1.165, 1.54) is 0 Å². The fourth-order valence-corrected chi connectivity index (χ4v) is 1.75. The summed E-state index contributed by atoms with van der Waals surface area (Å²) in [5.74, 6) is -0.0725. The molecule has 94 valence electrons. The summed E-state index contributed by atoms with van der Waals surface area (Å²) in [6.07, 6.45) is 0.639. The van der Waals surface area contributed by atoms with Crippen LogP contribution in [0.25, 0.3) is 0 Å². The predicted molar refractivity (Wildman–Crippen MR) is 68.2 cm³/mol. The largest absolute Gasteiger partial charge is 0.388 e. The van der Waals surface area contributed by atoms with Gasteiger partial charge in [0.25, 0.3) is 0 Å². The highest BCUT2D eigenvalue weighted by Crippen LogP contribution is 2.38. The van der Waals surface area contributed by atoms with E-state index in [1.54, 1.807) is 0 Å². The number of hydrogen-bond acceptors (Lipinski definition) is 2. The lowest BCUT2D eigenvalue weighted by Crippen LogP contribution is -2.36. The Labute approximate surface area is 99.7 Å². The maximum absolute atomic E-state index is 10.7. The number of aldehydes is 1. The maximum Gasteiger partial charge on any atom is 0.120 e. The zero-order valence-corrected chi connectivity index (χ0v) is 11.5. The Balaban J connectivity index is 4.96. The molecule has 0 heterocycles. The molecule has 2 atom stereocenters. The SMILES string of the molecule is C=C([C@H](O)[C@H](CC=O)C(C)(C)C)C(C)(C)C. The molecular weight excluding hydrogens is 200 g/mol. The number of aliphatic hydroxyl groups excluding tert-OH is 1. The van der Waals surface area contributed by atoms with Gasteiger partial charge in [-0.15, -0.1) is 0 Å². The van der Waals surface area contributed by atoms with Crippen LogP contribution in [-0.4, -0.2) is 17.5 Å². The number of rotatable bonds is 4. The minimum atomic E-state index is -0.620. The van der Waals surface area contributed by atoms with Crippen LogP contribution in [0.2, 0.25) is 0 Å². The molecule has 0 aliphatic rings. The molecule has 0 spiro atoms. The van der Waals surface area contributed by atoms with Crippen LogP contribution in [-0.2, 0) is 4.79 Å². The van der Waals surface area contributed by atoms with E-state index in [4.69, 9.17) is 0 Å². The summed E-state index contributed by atoms with van der Waals surface area (Å²) in [5.41, 5.74) is 0.564. The third kappa shape index (κ3) is 4.09. The van der Waals surface area contributed by atoms with Gasteiger partial charge in [-0.1, -0.05) is 48.1 Å². The Hall–Kier alpha value is -0.630. The number of carbonyl (C=O) groups excluding carboxylic acids is 1. The van der Waals surface area contributed by atoms with Crippen LogP contribution in [0.15, 0.2) is 12.2 Å². The van der Waals surface area contributed by atoms with Crippen molar-refractivity contribution in [3.8, 4) is 0 Å². The highest BCUT2D eigenvalue weighted by molar-refractivity contribution is 5.50. The molecule has 0 amide bonds. The predicted octanol–water partition coefficient (Wildman–Crippen LogP) is 3.20. The lowest BCUT2D eigenvalue weighted by atomic mass is 9.70. The van der Waals surface area contributed by atoms with Crippen LogP contribution >= 0.6 is 0 Å². The molecule has 0 saturated heterocycles. The second-order valence-corrected chi connectivity index (χ2v) is 6.59. The molecule has 0 saturated carbocycles. The van der Waals surface area contributed by atoms with E-state index in [-0.39, 0.29) is 16.7 Å². The molecule has 0 fully saturated rings. The van der Waals surface area contributed by atoms with Crippen molar-refractivity contribution in [2.45, 2.75) is 54.1 Å².